The standard InChI is InChI=1S/C9H13F3N2O/c1-5-7-3-2-6(4-13-5)14(7)8(15)9(10,11)12/h5-7,13H,2-4H2,1H3/t5?,6-,7+/m1/s1. The maximum atomic E-state index is 12.3. The second-order valence-corrected chi connectivity index (χ2v) is 4.21. The van der Waals surface area contributed by atoms with Gasteiger partial charge in [-0.25, -0.2) is 0 Å². The molecule has 0 aromatic carbocycles. The van der Waals surface area contributed by atoms with Crippen LogP contribution in [0.15, 0.2) is 0 Å². The Labute approximate surface area is 85.6 Å². The second kappa shape index (κ2) is 3.37. The zero-order valence-corrected chi connectivity index (χ0v) is 8.34. The minimum absolute atomic E-state index is 0.0463. The SMILES string of the molecule is CC1NC[C@H]2CC[C@@H]1N2C(=O)C(F)(F)F. The molecule has 2 rings (SSSR count). The monoisotopic (exact) mass is 222 g/mol. The number of nitrogens with one attached hydrogen (secondary N) is 1. The lowest BCUT2D eigenvalue weighted by Gasteiger charge is -2.39. The van der Waals surface area contributed by atoms with E-state index in [2.05, 4.69) is 5.32 Å². The summed E-state index contributed by atoms with van der Waals surface area (Å²) in [5, 5.41) is 3.12. The summed E-state index contributed by atoms with van der Waals surface area (Å²) in [5.41, 5.74) is 0. The van der Waals surface area contributed by atoms with E-state index >= 15 is 0 Å². The summed E-state index contributed by atoms with van der Waals surface area (Å²) in [5.74, 6) is -1.68. The highest BCUT2D eigenvalue weighted by molar-refractivity contribution is 5.83. The first-order valence-corrected chi connectivity index (χ1v) is 5.04. The maximum absolute atomic E-state index is 12.3. The first-order chi connectivity index (χ1) is 6.91. The average Bonchev–Trinajstić information content (AvgIpc) is 2.46. The molecule has 2 bridgehead atoms. The van der Waals surface area contributed by atoms with Crippen LogP contribution in [0.2, 0.25) is 0 Å². The van der Waals surface area contributed by atoms with Gasteiger partial charge in [0.25, 0.3) is 0 Å². The van der Waals surface area contributed by atoms with Crippen LogP contribution in [-0.2, 0) is 4.79 Å². The molecule has 1 amide bonds. The predicted octanol–water partition coefficient (Wildman–Crippen LogP) is 0.900. The number of hydrogen-bond donors (Lipinski definition) is 1. The van der Waals surface area contributed by atoms with Crippen LogP contribution >= 0.6 is 0 Å². The summed E-state index contributed by atoms with van der Waals surface area (Å²) in [6.07, 6.45) is -3.40. The molecule has 2 fully saturated rings. The van der Waals surface area contributed by atoms with Crippen molar-refractivity contribution in [3.8, 4) is 0 Å². The molecule has 86 valence electrons. The van der Waals surface area contributed by atoms with Gasteiger partial charge in [0.15, 0.2) is 0 Å². The lowest BCUT2D eigenvalue weighted by atomic mass is 10.1. The Bertz CT molecular complexity index is 279. The van der Waals surface area contributed by atoms with Crippen molar-refractivity contribution in [1.82, 2.24) is 10.2 Å². The summed E-state index contributed by atoms with van der Waals surface area (Å²) in [4.78, 5) is 12.2. The molecule has 0 aromatic heterocycles. The van der Waals surface area contributed by atoms with E-state index < -0.39 is 12.1 Å². The van der Waals surface area contributed by atoms with Gasteiger partial charge in [-0.1, -0.05) is 0 Å². The van der Waals surface area contributed by atoms with Crippen molar-refractivity contribution < 1.29 is 18.0 Å². The van der Waals surface area contributed by atoms with Gasteiger partial charge >= 0.3 is 12.1 Å². The van der Waals surface area contributed by atoms with Crippen LogP contribution in [0.5, 0.6) is 0 Å². The van der Waals surface area contributed by atoms with Crippen LogP contribution in [0.3, 0.4) is 0 Å². The van der Waals surface area contributed by atoms with E-state index in [1.165, 1.54) is 0 Å². The third-order valence-corrected chi connectivity index (χ3v) is 3.28. The zero-order valence-electron chi connectivity index (χ0n) is 8.34. The number of fused-ring (bicyclic) bond motifs is 2. The van der Waals surface area contributed by atoms with Crippen LogP contribution in [0, 0.1) is 0 Å². The van der Waals surface area contributed by atoms with Crippen molar-refractivity contribution in [2.75, 3.05) is 6.54 Å². The van der Waals surface area contributed by atoms with Gasteiger partial charge in [0.2, 0.25) is 0 Å². The van der Waals surface area contributed by atoms with Gasteiger partial charge in [-0.2, -0.15) is 13.2 Å². The van der Waals surface area contributed by atoms with E-state index in [1.807, 2.05) is 6.92 Å². The minimum atomic E-state index is -4.74. The number of rotatable bonds is 0. The van der Waals surface area contributed by atoms with Crippen molar-refractivity contribution in [3.63, 3.8) is 0 Å². The van der Waals surface area contributed by atoms with Crippen molar-refractivity contribution >= 4 is 5.91 Å². The quantitative estimate of drug-likeness (QED) is 0.660. The van der Waals surface area contributed by atoms with Crippen LogP contribution in [0.25, 0.3) is 0 Å². The van der Waals surface area contributed by atoms with E-state index in [9.17, 15) is 18.0 Å². The summed E-state index contributed by atoms with van der Waals surface area (Å²) < 4.78 is 37.0. The molecule has 6 heteroatoms. The number of amides is 1. The molecule has 0 spiro atoms. The molecule has 0 radical (unpaired) electrons. The topological polar surface area (TPSA) is 32.3 Å². The van der Waals surface area contributed by atoms with Gasteiger partial charge in [0.1, 0.15) is 0 Å². The average molecular weight is 222 g/mol. The van der Waals surface area contributed by atoms with Crippen molar-refractivity contribution in [2.24, 2.45) is 0 Å². The predicted molar refractivity (Wildman–Crippen MR) is 47.2 cm³/mol. The summed E-state index contributed by atoms with van der Waals surface area (Å²) in [6.45, 7) is 2.29. The number of alkyl halides is 3. The third-order valence-electron chi connectivity index (χ3n) is 3.28. The fourth-order valence-corrected chi connectivity index (χ4v) is 2.52. The fraction of sp³-hybridized carbons (Fsp3) is 0.889. The summed E-state index contributed by atoms with van der Waals surface area (Å²) in [7, 11) is 0. The van der Waals surface area contributed by atoms with Gasteiger partial charge in [0.05, 0.1) is 0 Å². The first-order valence-electron chi connectivity index (χ1n) is 5.04. The summed E-state index contributed by atoms with van der Waals surface area (Å²) >= 11 is 0. The lowest BCUT2D eigenvalue weighted by molar-refractivity contribution is -0.190. The third kappa shape index (κ3) is 1.71. The molecule has 0 aliphatic carbocycles. The van der Waals surface area contributed by atoms with Crippen LogP contribution in [-0.4, -0.2) is 41.7 Å². The largest absolute Gasteiger partial charge is 0.471 e. The Morgan fingerprint density at radius 1 is 1.40 bits per heavy atom. The normalized spacial score (nSPS) is 35.7. The van der Waals surface area contributed by atoms with Gasteiger partial charge < -0.3 is 10.2 Å². The molecule has 15 heavy (non-hydrogen) atoms. The molecule has 3 atom stereocenters. The van der Waals surface area contributed by atoms with Crippen LogP contribution in [0.4, 0.5) is 13.2 Å². The van der Waals surface area contributed by atoms with Gasteiger partial charge in [0, 0.05) is 24.7 Å². The molecule has 1 N–H and O–H groups in total. The van der Waals surface area contributed by atoms with Gasteiger partial charge in [-0.3, -0.25) is 4.79 Å². The van der Waals surface area contributed by atoms with Crippen molar-refractivity contribution in [1.29, 1.82) is 0 Å². The number of halogens is 3. The van der Waals surface area contributed by atoms with Crippen molar-refractivity contribution in [3.05, 3.63) is 0 Å². The molecule has 2 saturated heterocycles. The zero-order chi connectivity index (χ0) is 11.2. The number of nitrogens with zero attached hydrogens (tertiary/aromatic N) is 1. The fourth-order valence-electron chi connectivity index (χ4n) is 2.52. The number of piperazine rings is 1. The second-order valence-electron chi connectivity index (χ2n) is 4.21. The molecule has 0 aromatic rings. The lowest BCUT2D eigenvalue weighted by Crippen LogP contribution is -2.61. The smallest absolute Gasteiger partial charge is 0.326 e. The first kappa shape index (κ1) is 10.7. The Balaban J connectivity index is 2.19. The number of carbonyl (C=O) groups excluding carboxylic acids is 1. The molecular weight excluding hydrogens is 209 g/mol. The maximum Gasteiger partial charge on any atom is 0.471 e. The highest BCUT2D eigenvalue weighted by Gasteiger charge is 2.51. The number of hydrogen-bond acceptors (Lipinski definition) is 2. The Hall–Kier alpha value is -0.780. The van der Waals surface area contributed by atoms with E-state index in [0.717, 1.165) is 4.90 Å². The highest BCUT2D eigenvalue weighted by Crippen LogP contribution is 2.33. The Morgan fingerprint density at radius 2 is 2.07 bits per heavy atom. The van der Waals surface area contributed by atoms with Crippen molar-refractivity contribution in [2.45, 2.75) is 44.1 Å². The molecule has 0 saturated carbocycles. The van der Waals surface area contributed by atoms with Gasteiger partial charge in [-0.15, -0.1) is 0 Å². The number of carbonyl (C=O) groups is 1. The van der Waals surface area contributed by atoms with E-state index in [1.54, 1.807) is 0 Å². The molecule has 2 aliphatic heterocycles. The Morgan fingerprint density at radius 3 is 2.67 bits per heavy atom. The highest BCUT2D eigenvalue weighted by atomic mass is 19.4. The molecular formula is C9H13F3N2O. The van der Waals surface area contributed by atoms with Gasteiger partial charge in [-0.05, 0) is 19.8 Å². The molecule has 1 unspecified atom stereocenters. The van der Waals surface area contributed by atoms with Crippen LogP contribution < -0.4 is 5.32 Å². The molecule has 2 heterocycles. The van der Waals surface area contributed by atoms with E-state index in [0.29, 0.717) is 19.4 Å². The van der Waals surface area contributed by atoms with E-state index in [-0.39, 0.29) is 18.1 Å². The molecule has 2 aliphatic rings. The minimum Gasteiger partial charge on any atom is -0.326 e. The summed E-state index contributed by atoms with van der Waals surface area (Å²) in [6, 6.07) is -0.617. The Kier molecular flexibility index (Phi) is 2.41. The molecule has 3 nitrogen and oxygen atoms in total. The van der Waals surface area contributed by atoms with E-state index in [4.69, 9.17) is 0 Å². The van der Waals surface area contributed by atoms with Crippen LogP contribution in [0.1, 0.15) is 19.8 Å².